The van der Waals surface area contributed by atoms with Crippen LogP contribution in [0.4, 0.5) is 0 Å². The number of aliphatic hydroxyl groups is 2. The number of aromatic nitrogens is 1. The molecule has 0 aliphatic carbocycles. The molecule has 0 saturated carbocycles. The van der Waals surface area contributed by atoms with Crippen molar-refractivity contribution in [1.82, 2.24) is 9.88 Å². The van der Waals surface area contributed by atoms with E-state index < -0.39 is 0 Å². The maximum Gasteiger partial charge on any atom is 0.255 e. The Hall–Kier alpha value is -0.880. The highest BCUT2D eigenvalue weighted by Gasteiger charge is 2.16. The van der Waals surface area contributed by atoms with Crippen LogP contribution in [0.25, 0.3) is 0 Å². The van der Waals surface area contributed by atoms with E-state index in [2.05, 4.69) is 4.98 Å². The van der Waals surface area contributed by atoms with Crippen LogP contribution >= 0.6 is 23.2 Å². The predicted octanol–water partition coefficient (Wildman–Crippen LogP) is 0.815. The summed E-state index contributed by atoms with van der Waals surface area (Å²) in [5.41, 5.74) is 0.265. The third-order valence-corrected chi connectivity index (χ3v) is 2.76. The van der Waals surface area contributed by atoms with E-state index in [1.165, 1.54) is 17.2 Å². The van der Waals surface area contributed by atoms with Crippen LogP contribution in [-0.4, -0.2) is 52.3 Å². The zero-order valence-corrected chi connectivity index (χ0v) is 10.4. The molecule has 1 aromatic rings. The molecule has 1 aromatic heterocycles. The van der Waals surface area contributed by atoms with Gasteiger partial charge >= 0.3 is 0 Å². The standard InChI is InChI=1S/C10H12Cl2N2O3/c11-8-5-7(6-13-9(8)12)10(17)14(1-3-15)2-4-16/h5-6,15-16H,1-4H2. The molecule has 0 aliphatic rings. The van der Waals surface area contributed by atoms with E-state index in [4.69, 9.17) is 33.4 Å². The maximum atomic E-state index is 12.0. The second kappa shape index (κ2) is 6.76. The third-order valence-electron chi connectivity index (χ3n) is 2.07. The van der Waals surface area contributed by atoms with Crippen LogP contribution in [0.1, 0.15) is 10.4 Å². The summed E-state index contributed by atoms with van der Waals surface area (Å²) in [4.78, 5) is 17.0. The van der Waals surface area contributed by atoms with Gasteiger partial charge in [0.05, 0.1) is 23.8 Å². The lowest BCUT2D eigenvalue weighted by atomic mass is 10.2. The van der Waals surface area contributed by atoms with Crippen molar-refractivity contribution >= 4 is 29.1 Å². The van der Waals surface area contributed by atoms with Crippen LogP contribution in [0, 0.1) is 0 Å². The van der Waals surface area contributed by atoms with Gasteiger partial charge in [0.2, 0.25) is 0 Å². The van der Waals surface area contributed by atoms with Gasteiger partial charge in [0.25, 0.3) is 5.91 Å². The Bertz CT molecular complexity index is 395. The zero-order valence-electron chi connectivity index (χ0n) is 8.94. The van der Waals surface area contributed by atoms with Gasteiger partial charge in [0.1, 0.15) is 5.15 Å². The Kier molecular flexibility index (Phi) is 5.64. The summed E-state index contributed by atoms with van der Waals surface area (Å²) in [5.74, 6) is -0.362. The number of nitrogens with zero attached hydrogens (tertiary/aromatic N) is 2. The average Bonchev–Trinajstić information content (AvgIpc) is 2.31. The minimum atomic E-state index is -0.362. The van der Waals surface area contributed by atoms with E-state index in [0.717, 1.165) is 0 Å². The van der Waals surface area contributed by atoms with Gasteiger partial charge in [-0.1, -0.05) is 23.2 Å². The first-order valence-electron chi connectivity index (χ1n) is 4.92. The SMILES string of the molecule is O=C(c1cnc(Cl)c(Cl)c1)N(CCO)CCO. The fourth-order valence-electron chi connectivity index (χ4n) is 1.28. The van der Waals surface area contributed by atoms with Crippen molar-refractivity contribution in [3.63, 3.8) is 0 Å². The minimum absolute atomic E-state index is 0.124. The summed E-state index contributed by atoms with van der Waals surface area (Å²) in [7, 11) is 0. The summed E-state index contributed by atoms with van der Waals surface area (Å²) >= 11 is 11.4. The van der Waals surface area contributed by atoms with Crippen molar-refractivity contribution in [1.29, 1.82) is 0 Å². The van der Waals surface area contributed by atoms with Gasteiger partial charge in [-0.05, 0) is 6.07 Å². The first-order valence-corrected chi connectivity index (χ1v) is 5.67. The van der Waals surface area contributed by atoms with Crippen LogP contribution in [0.15, 0.2) is 12.3 Å². The van der Waals surface area contributed by atoms with E-state index in [1.54, 1.807) is 0 Å². The van der Waals surface area contributed by atoms with Crippen LogP contribution < -0.4 is 0 Å². The number of carbonyl (C=O) groups excluding carboxylic acids is 1. The highest BCUT2D eigenvalue weighted by Crippen LogP contribution is 2.20. The Labute approximate surface area is 109 Å². The second-order valence-corrected chi connectivity index (χ2v) is 4.00. The number of carbonyl (C=O) groups is 1. The first kappa shape index (κ1) is 14.2. The average molecular weight is 279 g/mol. The number of aliphatic hydroxyl groups excluding tert-OH is 2. The molecule has 2 N–H and O–H groups in total. The van der Waals surface area contributed by atoms with Crippen molar-refractivity contribution in [3.05, 3.63) is 28.0 Å². The van der Waals surface area contributed by atoms with E-state index in [0.29, 0.717) is 0 Å². The highest BCUT2D eigenvalue weighted by molar-refractivity contribution is 6.41. The molecule has 0 aliphatic heterocycles. The number of halogens is 2. The van der Waals surface area contributed by atoms with E-state index >= 15 is 0 Å². The molecular formula is C10H12Cl2N2O3. The minimum Gasteiger partial charge on any atom is -0.395 e. The Balaban J connectivity index is 2.88. The monoisotopic (exact) mass is 278 g/mol. The van der Waals surface area contributed by atoms with Crippen molar-refractivity contribution in [2.45, 2.75) is 0 Å². The fraction of sp³-hybridized carbons (Fsp3) is 0.400. The molecule has 0 radical (unpaired) electrons. The lowest BCUT2D eigenvalue weighted by molar-refractivity contribution is 0.0684. The molecule has 0 spiro atoms. The molecule has 0 bridgehead atoms. The fourth-order valence-corrected chi connectivity index (χ4v) is 1.55. The molecule has 1 heterocycles. The quantitative estimate of drug-likeness (QED) is 0.782. The van der Waals surface area contributed by atoms with Gasteiger partial charge in [0.15, 0.2) is 0 Å². The smallest absolute Gasteiger partial charge is 0.255 e. The summed E-state index contributed by atoms with van der Waals surface area (Å²) in [6.45, 7) is -0.0831. The molecule has 0 unspecified atom stereocenters. The first-order chi connectivity index (χ1) is 8.10. The summed E-state index contributed by atoms with van der Waals surface area (Å²) in [6, 6.07) is 1.40. The molecule has 94 valence electrons. The maximum absolute atomic E-state index is 12.0. The number of rotatable bonds is 5. The molecule has 0 atom stereocenters. The molecule has 0 saturated heterocycles. The molecule has 7 heteroatoms. The molecule has 5 nitrogen and oxygen atoms in total. The van der Waals surface area contributed by atoms with Crippen LogP contribution in [-0.2, 0) is 0 Å². The van der Waals surface area contributed by atoms with Crippen LogP contribution in [0.5, 0.6) is 0 Å². The largest absolute Gasteiger partial charge is 0.395 e. The molecular weight excluding hydrogens is 267 g/mol. The predicted molar refractivity (Wildman–Crippen MR) is 64.3 cm³/mol. The molecule has 0 fully saturated rings. The summed E-state index contributed by atoms with van der Waals surface area (Å²) in [6.07, 6.45) is 1.30. The van der Waals surface area contributed by atoms with E-state index in [-0.39, 0.29) is 47.9 Å². The number of hydrogen-bond acceptors (Lipinski definition) is 4. The number of hydrogen-bond donors (Lipinski definition) is 2. The third kappa shape index (κ3) is 3.81. The molecule has 0 aromatic carbocycles. The van der Waals surface area contributed by atoms with Crippen molar-refractivity contribution < 1.29 is 15.0 Å². The van der Waals surface area contributed by atoms with Gasteiger partial charge in [-0.15, -0.1) is 0 Å². The Morgan fingerprint density at radius 2 is 1.88 bits per heavy atom. The summed E-state index contributed by atoms with van der Waals surface area (Å²) < 4.78 is 0. The lowest BCUT2D eigenvalue weighted by Crippen LogP contribution is -2.35. The normalized spacial score (nSPS) is 10.4. The van der Waals surface area contributed by atoms with Gasteiger partial charge in [0, 0.05) is 19.3 Å². The van der Waals surface area contributed by atoms with Gasteiger partial charge < -0.3 is 15.1 Å². The Morgan fingerprint density at radius 3 is 2.35 bits per heavy atom. The van der Waals surface area contributed by atoms with Gasteiger partial charge in [-0.25, -0.2) is 4.98 Å². The molecule has 17 heavy (non-hydrogen) atoms. The van der Waals surface area contributed by atoms with Gasteiger partial charge in [-0.2, -0.15) is 0 Å². The van der Waals surface area contributed by atoms with Crippen LogP contribution in [0.3, 0.4) is 0 Å². The summed E-state index contributed by atoms with van der Waals surface area (Å²) in [5, 5.41) is 17.9. The second-order valence-electron chi connectivity index (χ2n) is 3.24. The van der Waals surface area contributed by atoms with Crippen LogP contribution in [0.2, 0.25) is 10.2 Å². The van der Waals surface area contributed by atoms with E-state index in [1.807, 2.05) is 0 Å². The number of amides is 1. The van der Waals surface area contributed by atoms with Crippen molar-refractivity contribution in [3.8, 4) is 0 Å². The lowest BCUT2D eigenvalue weighted by Gasteiger charge is -2.20. The number of pyridine rings is 1. The zero-order chi connectivity index (χ0) is 12.8. The molecule has 1 amide bonds. The van der Waals surface area contributed by atoms with E-state index in [9.17, 15) is 4.79 Å². The van der Waals surface area contributed by atoms with Gasteiger partial charge in [-0.3, -0.25) is 4.79 Å². The Morgan fingerprint density at radius 1 is 1.29 bits per heavy atom. The highest BCUT2D eigenvalue weighted by atomic mass is 35.5. The van der Waals surface area contributed by atoms with Crippen molar-refractivity contribution in [2.24, 2.45) is 0 Å². The van der Waals surface area contributed by atoms with Crippen molar-refractivity contribution in [2.75, 3.05) is 26.3 Å². The molecule has 1 rings (SSSR count). The topological polar surface area (TPSA) is 73.7 Å².